The third-order valence-electron chi connectivity index (χ3n) is 8.46. The van der Waals surface area contributed by atoms with Gasteiger partial charge >= 0.3 is 5.97 Å². The second kappa shape index (κ2) is 21.8. The van der Waals surface area contributed by atoms with Crippen molar-refractivity contribution < 1.29 is 33.4 Å². The van der Waals surface area contributed by atoms with Gasteiger partial charge in [0.15, 0.2) is 6.73 Å². The summed E-state index contributed by atoms with van der Waals surface area (Å²) in [5, 5.41) is 8.26. The molecule has 1 aliphatic heterocycles. The van der Waals surface area contributed by atoms with E-state index >= 15 is 0 Å². The van der Waals surface area contributed by atoms with E-state index in [0.29, 0.717) is 32.2 Å². The van der Waals surface area contributed by atoms with Crippen LogP contribution in [0.25, 0.3) is 0 Å². The summed E-state index contributed by atoms with van der Waals surface area (Å²) < 4.78 is 10.3. The van der Waals surface area contributed by atoms with Gasteiger partial charge in [-0.25, -0.2) is 10.4 Å². The van der Waals surface area contributed by atoms with Gasteiger partial charge in [0.25, 0.3) is 5.91 Å². The van der Waals surface area contributed by atoms with Gasteiger partial charge in [-0.3, -0.25) is 34.3 Å². The highest BCUT2D eigenvalue weighted by molar-refractivity contribution is 7.09. The maximum atomic E-state index is 14.0. The number of nitrogens with zero attached hydrogens (tertiary/aromatic N) is 3. The van der Waals surface area contributed by atoms with Crippen LogP contribution in [0, 0.1) is 17.8 Å². The second-order valence-corrected chi connectivity index (χ2v) is 13.9. The Morgan fingerprint density at radius 2 is 1.90 bits per heavy atom. The molecule has 1 aliphatic rings. The molecule has 0 saturated carbocycles. The van der Waals surface area contributed by atoms with Gasteiger partial charge < -0.3 is 25.0 Å². The molecule has 2 heterocycles. The van der Waals surface area contributed by atoms with E-state index in [-0.39, 0.29) is 85.5 Å². The fourth-order valence-corrected chi connectivity index (χ4v) is 6.03. The summed E-state index contributed by atoms with van der Waals surface area (Å²) in [6.07, 6.45) is 5.14. The number of carbonyl (C=O) groups excluding carboxylic acids is 5. The number of hydrogen-bond acceptors (Lipinski definition) is 11. The molecule has 0 spiro atoms. The van der Waals surface area contributed by atoms with E-state index in [0.717, 1.165) is 30.8 Å². The fourth-order valence-electron chi connectivity index (χ4n) is 5.21. The molecule has 4 N–H and O–H groups in total. The van der Waals surface area contributed by atoms with Crippen molar-refractivity contribution in [3.05, 3.63) is 16.1 Å². The quantitative estimate of drug-likeness (QED) is 0.0648. The first-order valence-corrected chi connectivity index (χ1v) is 17.9. The van der Waals surface area contributed by atoms with Gasteiger partial charge in [-0.1, -0.05) is 47.5 Å². The number of hydrogen-bond donors (Lipinski definition) is 4. The smallest absolute Gasteiger partial charge is 0.307 e. The van der Waals surface area contributed by atoms with Crippen molar-refractivity contribution in [2.45, 2.75) is 98.1 Å². The lowest BCUT2D eigenvalue weighted by Crippen LogP contribution is -2.57. The Hall–Kier alpha value is -3.14. The summed E-state index contributed by atoms with van der Waals surface area (Å²) in [5.41, 5.74) is 5.48. The highest BCUT2D eigenvalue weighted by Crippen LogP contribution is 2.19. The third kappa shape index (κ3) is 14.1. The minimum atomic E-state index is -0.757. The average molecular weight is 696 g/mol. The van der Waals surface area contributed by atoms with Crippen LogP contribution in [0.15, 0.2) is 5.38 Å². The number of likely N-dealkylation sites (N-methyl/N-ethyl adjacent to an activating group) is 1. The van der Waals surface area contributed by atoms with Crippen LogP contribution in [0.2, 0.25) is 0 Å². The van der Waals surface area contributed by atoms with Crippen LogP contribution in [0.4, 0.5) is 0 Å². The molecule has 0 radical (unpaired) electrons. The topological polar surface area (TPSA) is 171 Å². The van der Waals surface area contributed by atoms with Gasteiger partial charge in [0.2, 0.25) is 17.7 Å². The van der Waals surface area contributed by atoms with Crippen LogP contribution in [-0.2, 0) is 35.1 Å². The molecule has 272 valence electrons. The lowest BCUT2D eigenvalue weighted by molar-refractivity contribution is -0.155. The summed E-state index contributed by atoms with van der Waals surface area (Å²) in [7, 11) is 3.44. The zero-order valence-corrected chi connectivity index (χ0v) is 30.6. The van der Waals surface area contributed by atoms with Crippen molar-refractivity contribution in [1.29, 1.82) is 0 Å². The molecule has 1 aromatic heterocycles. The molecule has 1 fully saturated rings. The Labute approximate surface area is 289 Å². The van der Waals surface area contributed by atoms with E-state index in [1.165, 1.54) is 23.3 Å². The number of nitrogens with one attached hydrogen (secondary N) is 4. The molecule has 15 heteroatoms. The standard InChI is InChI=1S/C33H57N7O7S/c1-8-23(4)29(37-32(44)26-12-9-10-16-39(26)6)33(45)40(21-47-28(41)18-22(2)3)17-11-13-27-36-25(19-48-27)31(43)34-15-14-24(5)30(42)38-35-20-46-7/h19,22-24,26,29,35H,8-18,20-21H2,1-7H3,(H,34,43)(H,37,44)(H,38,42). The first-order valence-electron chi connectivity index (χ1n) is 17.1. The summed E-state index contributed by atoms with van der Waals surface area (Å²) in [5.74, 6) is -1.69. The number of piperidine rings is 1. The van der Waals surface area contributed by atoms with Gasteiger partial charge in [0.05, 0.1) is 11.0 Å². The minimum absolute atomic E-state index is 0.115. The number of methoxy groups -OCH3 is 1. The Bertz CT molecular complexity index is 1180. The number of ether oxygens (including phenoxy) is 2. The van der Waals surface area contributed by atoms with E-state index in [1.54, 1.807) is 12.3 Å². The highest BCUT2D eigenvalue weighted by Gasteiger charge is 2.34. The number of aryl methyl sites for hydroxylation is 1. The molecule has 2 rings (SSSR count). The molecule has 48 heavy (non-hydrogen) atoms. The van der Waals surface area contributed by atoms with Crippen LogP contribution in [0.1, 0.15) is 95.1 Å². The van der Waals surface area contributed by atoms with Crippen molar-refractivity contribution in [3.8, 4) is 0 Å². The van der Waals surface area contributed by atoms with Crippen molar-refractivity contribution in [2.75, 3.05) is 47.3 Å². The number of rotatable bonds is 21. The van der Waals surface area contributed by atoms with Gasteiger partial charge in [0, 0.05) is 44.3 Å². The Morgan fingerprint density at radius 3 is 2.56 bits per heavy atom. The van der Waals surface area contributed by atoms with E-state index < -0.39 is 6.04 Å². The number of thiazole rings is 1. The first kappa shape index (κ1) is 41.0. The number of carbonyl (C=O) groups is 5. The third-order valence-corrected chi connectivity index (χ3v) is 9.37. The molecular weight excluding hydrogens is 638 g/mol. The van der Waals surface area contributed by atoms with Crippen LogP contribution in [-0.4, -0.2) is 104 Å². The number of aromatic nitrogens is 1. The Balaban J connectivity index is 2.01. The van der Waals surface area contributed by atoms with Crippen molar-refractivity contribution in [3.63, 3.8) is 0 Å². The monoisotopic (exact) mass is 695 g/mol. The molecule has 4 amide bonds. The fraction of sp³-hybridized carbons (Fsp3) is 0.758. The van der Waals surface area contributed by atoms with Crippen LogP contribution in [0.5, 0.6) is 0 Å². The zero-order valence-electron chi connectivity index (χ0n) is 29.8. The Morgan fingerprint density at radius 1 is 1.15 bits per heavy atom. The van der Waals surface area contributed by atoms with Crippen molar-refractivity contribution in [1.82, 2.24) is 36.3 Å². The number of amides is 4. The number of likely N-dealkylation sites (tertiary alicyclic amines) is 1. The molecule has 14 nitrogen and oxygen atoms in total. The van der Waals surface area contributed by atoms with Crippen LogP contribution >= 0.6 is 11.3 Å². The summed E-state index contributed by atoms with van der Waals surface area (Å²) >= 11 is 1.35. The molecule has 0 bridgehead atoms. The highest BCUT2D eigenvalue weighted by atomic mass is 32.1. The van der Waals surface area contributed by atoms with Crippen LogP contribution < -0.4 is 21.5 Å². The van der Waals surface area contributed by atoms with Gasteiger partial charge in [-0.15, -0.1) is 11.3 Å². The van der Waals surface area contributed by atoms with Crippen LogP contribution in [0.3, 0.4) is 0 Å². The SMILES string of the molecule is CCC(C)C(NC(=O)C1CCCCN1C)C(=O)N(CCCc1nc(C(=O)NCCC(C)C(=O)NNCOC)cs1)COC(=O)CC(C)C. The lowest BCUT2D eigenvalue weighted by Gasteiger charge is -2.35. The lowest BCUT2D eigenvalue weighted by atomic mass is 9.96. The molecule has 1 saturated heterocycles. The van der Waals surface area contributed by atoms with E-state index in [4.69, 9.17) is 9.47 Å². The minimum Gasteiger partial charge on any atom is -0.444 e. The molecule has 1 aromatic rings. The van der Waals surface area contributed by atoms with Crippen molar-refractivity contribution in [2.24, 2.45) is 17.8 Å². The summed E-state index contributed by atoms with van der Waals surface area (Å²) in [4.78, 5) is 72.4. The largest absolute Gasteiger partial charge is 0.444 e. The van der Waals surface area contributed by atoms with Gasteiger partial charge in [0.1, 0.15) is 18.5 Å². The number of esters is 1. The second-order valence-electron chi connectivity index (χ2n) is 13.0. The summed E-state index contributed by atoms with van der Waals surface area (Å²) in [6.45, 7) is 10.9. The summed E-state index contributed by atoms with van der Waals surface area (Å²) in [6, 6.07) is -1.04. The predicted molar refractivity (Wildman–Crippen MR) is 183 cm³/mol. The molecule has 0 aromatic carbocycles. The van der Waals surface area contributed by atoms with Gasteiger partial charge in [-0.05, 0) is 51.1 Å². The Kier molecular flexibility index (Phi) is 18.6. The maximum absolute atomic E-state index is 14.0. The first-order chi connectivity index (χ1) is 22.9. The van der Waals surface area contributed by atoms with E-state index in [1.807, 2.05) is 39.6 Å². The molecule has 4 unspecified atom stereocenters. The molecular formula is C33H57N7O7S. The zero-order chi connectivity index (χ0) is 35.6. The van der Waals surface area contributed by atoms with E-state index in [9.17, 15) is 24.0 Å². The normalized spacial score (nSPS) is 16.9. The van der Waals surface area contributed by atoms with Crippen molar-refractivity contribution >= 4 is 40.9 Å². The predicted octanol–water partition coefficient (Wildman–Crippen LogP) is 2.45. The van der Waals surface area contributed by atoms with Gasteiger partial charge in [-0.2, -0.15) is 0 Å². The van der Waals surface area contributed by atoms with E-state index in [2.05, 4.69) is 26.5 Å². The average Bonchev–Trinajstić information content (AvgIpc) is 3.53. The molecule has 0 aliphatic carbocycles. The number of hydrazine groups is 1. The molecule has 4 atom stereocenters. The maximum Gasteiger partial charge on any atom is 0.307 e.